The van der Waals surface area contributed by atoms with Crippen LogP contribution in [0, 0.1) is 17.6 Å². The predicted octanol–water partition coefficient (Wildman–Crippen LogP) is 2.63. The summed E-state index contributed by atoms with van der Waals surface area (Å²) in [5.41, 5.74) is 6.20. The fourth-order valence-electron chi connectivity index (χ4n) is 3.78. The van der Waals surface area contributed by atoms with Gasteiger partial charge in [0.2, 0.25) is 5.91 Å². The molecule has 3 nitrogen and oxygen atoms in total. The lowest BCUT2D eigenvalue weighted by molar-refractivity contribution is -0.135. The maximum absolute atomic E-state index is 13.2. The molecule has 0 bridgehead atoms. The van der Waals surface area contributed by atoms with Crippen LogP contribution in [0.15, 0.2) is 18.2 Å². The highest BCUT2D eigenvalue weighted by Crippen LogP contribution is 2.31. The van der Waals surface area contributed by atoms with Gasteiger partial charge in [0.1, 0.15) is 11.6 Å². The number of likely N-dealkylation sites (tertiary alicyclic amines) is 1. The third kappa shape index (κ3) is 3.14. The predicted molar refractivity (Wildman–Crippen MR) is 80.1 cm³/mol. The molecular weight excluding hydrogens is 286 g/mol. The van der Waals surface area contributed by atoms with E-state index in [0.29, 0.717) is 25.1 Å². The van der Waals surface area contributed by atoms with Gasteiger partial charge >= 0.3 is 0 Å². The second-order valence-electron chi connectivity index (χ2n) is 6.75. The van der Waals surface area contributed by atoms with E-state index in [-0.39, 0.29) is 11.8 Å². The maximum Gasteiger partial charge on any atom is 0.242 e. The first-order valence-electron chi connectivity index (χ1n) is 7.99. The molecule has 2 aliphatic rings. The Morgan fingerprint density at radius 3 is 2.50 bits per heavy atom. The van der Waals surface area contributed by atoms with Crippen molar-refractivity contribution in [3.05, 3.63) is 35.4 Å². The molecule has 2 fully saturated rings. The third-order valence-electron chi connectivity index (χ3n) is 4.94. The normalized spacial score (nSPS) is 24.0. The van der Waals surface area contributed by atoms with Crippen molar-refractivity contribution in [3.63, 3.8) is 0 Å². The number of carbonyl (C=O) groups excluding carboxylic acids is 1. The van der Waals surface area contributed by atoms with Gasteiger partial charge in [0, 0.05) is 19.2 Å². The smallest absolute Gasteiger partial charge is 0.242 e. The minimum absolute atomic E-state index is 0.0536. The SMILES string of the molecule is NC1(C(=O)N2CCC(Cc3cc(F)cc(F)c3)C2)CCCC1. The van der Waals surface area contributed by atoms with Gasteiger partial charge in [0.05, 0.1) is 5.54 Å². The van der Waals surface area contributed by atoms with E-state index in [1.807, 2.05) is 4.90 Å². The Bertz CT molecular complexity index is 550. The molecule has 5 heteroatoms. The number of nitrogens with two attached hydrogens (primary N) is 1. The average Bonchev–Trinajstić information content (AvgIpc) is 3.07. The van der Waals surface area contributed by atoms with Crippen molar-refractivity contribution < 1.29 is 13.6 Å². The Kier molecular flexibility index (Phi) is 4.17. The van der Waals surface area contributed by atoms with Gasteiger partial charge in [0.25, 0.3) is 0 Å². The second-order valence-corrected chi connectivity index (χ2v) is 6.75. The highest BCUT2D eigenvalue weighted by Gasteiger charge is 2.41. The van der Waals surface area contributed by atoms with Crippen molar-refractivity contribution >= 4 is 5.91 Å². The van der Waals surface area contributed by atoms with Crippen molar-refractivity contribution in [2.75, 3.05) is 13.1 Å². The molecule has 1 unspecified atom stereocenters. The number of carbonyl (C=O) groups is 1. The van der Waals surface area contributed by atoms with Gasteiger partial charge in [-0.05, 0) is 49.3 Å². The first-order chi connectivity index (χ1) is 10.5. The van der Waals surface area contributed by atoms with Crippen molar-refractivity contribution in [1.29, 1.82) is 0 Å². The number of hydrogen-bond acceptors (Lipinski definition) is 2. The molecule has 1 aromatic carbocycles. The molecule has 1 aromatic rings. The number of rotatable bonds is 3. The van der Waals surface area contributed by atoms with Crippen LogP contribution in [0.1, 0.15) is 37.7 Å². The average molecular weight is 308 g/mol. The van der Waals surface area contributed by atoms with Crippen LogP contribution in [0.5, 0.6) is 0 Å². The largest absolute Gasteiger partial charge is 0.341 e. The molecule has 1 saturated heterocycles. The summed E-state index contributed by atoms with van der Waals surface area (Å²) in [4.78, 5) is 14.4. The number of benzene rings is 1. The van der Waals surface area contributed by atoms with E-state index in [1.54, 1.807) is 0 Å². The van der Waals surface area contributed by atoms with E-state index in [2.05, 4.69) is 0 Å². The maximum atomic E-state index is 13.2. The van der Waals surface area contributed by atoms with Crippen molar-refractivity contribution in [2.45, 2.75) is 44.1 Å². The van der Waals surface area contributed by atoms with Gasteiger partial charge in [-0.3, -0.25) is 4.79 Å². The zero-order valence-corrected chi connectivity index (χ0v) is 12.7. The quantitative estimate of drug-likeness (QED) is 0.933. The van der Waals surface area contributed by atoms with Gasteiger partial charge in [-0.1, -0.05) is 12.8 Å². The minimum Gasteiger partial charge on any atom is -0.341 e. The third-order valence-corrected chi connectivity index (χ3v) is 4.94. The van der Waals surface area contributed by atoms with Crippen LogP contribution >= 0.6 is 0 Å². The lowest BCUT2D eigenvalue weighted by Gasteiger charge is -2.28. The molecule has 0 spiro atoms. The summed E-state index contributed by atoms with van der Waals surface area (Å²) in [6.07, 6.45) is 5.02. The van der Waals surface area contributed by atoms with Crippen LogP contribution in [0.25, 0.3) is 0 Å². The van der Waals surface area contributed by atoms with Crippen molar-refractivity contribution in [2.24, 2.45) is 11.7 Å². The summed E-state index contributed by atoms with van der Waals surface area (Å²) >= 11 is 0. The Morgan fingerprint density at radius 2 is 1.86 bits per heavy atom. The summed E-state index contributed by atoms with van der Waals surface area (Å²) in [6.45, 7) is 1.33. The summed E-state index contributed by atoms with van der Waals surface area (Å²) in [5, 5.41) is 0. The fourth-order valence-corrected chi connectivity index (χ4v) is 3.78. The van der Waals surface area contributed by atoms with Crippen LogP contribution in [0.4, 0.5) is 8.78 Å². The Morgan fingerprint density at radius 1 is 1.23 bits per heavy atom. The van der Waals surface area contributed by atoms with Gasteiger partial charge in [-0.25, -0.2) is 8.78 Å². The van der Waals surface area contributed by atoms with E-state index >= 15 is 0 Å². The first kappa shape index (κ1) is 15.4. The van der Waals surface area contributed by atoms with Crippen LogP contribution in [-0.2, 0) is 11.2 Å². The Balaban J connectivity index is 1.61. The molecule has 1 heterocycles. The summed E-state index contributed by atoms with van der Waals surface area (Å²) in [7, 11) is 0. The highest BCUT2D eigenvalue weighted by molar-refractivity contribution is 5.86. The molecule has 2 N–H and O–H groups in total. The van der Waals surface area contributed by atoms with Crippen molar-refractivity contribution in [1.82, 2.24) is 4.90 Å². The lowest BCUT2D eigenvalue weighted by atomic mass is 9.96. The van der Waals surface area contributed by atoms with Gasteiger partial charge in [0.15, 0.2) is 0 Å². The molecule has 0 aromatic heterocycles. The van der Waals surface area contributed by atoms with E-state index < -0.39 is 17.2 Å². The Hall–Kier alpha value is -1.49. The molecule has 1 atom stereocenters. The summed E-state index contributed by atoms with van der Waals surface area (Å²) < 4.78 is 26.5. The summed E-state index contributed by atoms with van der Waals surface area (Å²) in [6, 6.07) is 3.62. The first-order valence-corrected chi connectivity index (χ1v) is 7.99. The fraction of sp³-hybridized carbons (Fsp3) is 0.588. The van der Waals surface area contributed by atoms with Crippen molar-refractivity contribution in [3.8, 4) is 0 Å². The highest BCUT2D eigenvalue weighted by atomic mass is 19.1. The topological polar surface area (TPSA) is 46.3 Å². The molecule has 120 valence electrons. The number of amides is 1. The lowest BCUT2D eigenvalue weighted by Crippen LogP contribution is -2.52. The van der Waals surface area contributed by atoms with E-state index in [0.717, 1.165) is 38.2 Å². The van der Waals surface area contributed by atoms with Gasteiger partial charge < -0.3 is 10.6 Å². The van der Waals surface area contributed by atoms with E-state index in [4.69, 9.17) is 5.73 Å². The minimum atomic E-state index is -0.681. The molecule has 0 radical (unpaired) electrons. The van der Waals surface area contributed by atoms with E-state index in [9.17, 15) is 13.6 Å². The summed E-state index contributed by atoms with van der Waals surface area (Å²) in [5.74, 6) is -0.798. The molecule has 1 aliphatic heterocycles. The molecule has 1 saturated carbocycles. The number of halogens is 2. The molecule has 1 amide bonds. The second kappa shape index (κ2) is 5.95. The molecule has 1 aliphatic carbocycles. The van der Waals surface area contributed by atoms with Crippen LogP contribution in [0.3, 0.4) is 0 Å². The van der Waals surface area contributed by atoms with Gasteiger partial charge in [-0.2, -0.15) is 0 Å². The molecule has 22 heavy (non-hydrogen) atoms. The zero-order valence-electron chi connectivity index (χ0n) is 12.7. The molecule has 3 rings (SSSR count). The monoisotopic (exact) mass is 308 g/mol. The number of hydrogen-bond donors (Lipinski definition) is 1. The molecular formula is C17H22F2N2O. The zero-order chi connectivity index (χ0) is 15.7. The Labute approximate surface area is 129 Å². The number of nitrogens with zero attached hydrogens (tertiary/aromatic N) is 1. The van der Waals surface area contributed by atoms with Crippen LogP contribution in [0.2, 0.25) is 0 Å². The standard InChI is InChI=1S/C17H22F2N2O/c18-14-8-13(9-15(19)10-14)7-12-3-6-21(11-12)16(22)17(20)4-1-2-5-17/h8-10,12H,1-7,11,20H2. The van der Waals surface area contributed by atoms with E-state index in [1.165, 1.54) is 12.1 Å². The van der Waals surface area contributed by atoms with Crippen LogP contribution in [-0.4, -0.2) is 29.4 Å². The van der Waals surface area contributed by atoms with Crippen LogP contribution < -0.4 is 5.73 Å². The van der Waals surface area contributed by atoms with Gasteiger partial charge in [-0.15, -0.1) is 0 Å².